The summed E-state index contributed by atoms with van der Waals surface area (Å²) in [6, 6.07) is 11.5. The molecule has 0 aromatic heterocycles. The smallest absolute Gasteiger partial charge is 0.256 e. The van der Waals surface area contributed by atoms with Crippen LogP contribution in [-0.2, 0) is 12.8 Å². The normalized spacial score (nSPS) is 13.6. The molecule has 0 spiro atoms. The van der Waals surface area contributed by atoms with Crippen molar-refractivity contribution in [3.05, 3.63) is 57.6 Å². The lowest BCUT2D eigenvalue weighted by Gasteiger charge is -2.19. The topological polar surface area (TPSA) is 55.1 Å². The van der Waals surface area contributed by atoms with Crippen molar-refractivity contribution in [2.24, 2.45) is 0 Å². The Morgan fingerprint density at radius 2 is 1.86 bits per heavy atom. The maximum atomic E-state index is 12.5. The Labute approximate surface area is 132 Å². The summed E-state index contributed by atoms with van der Waals surface area (Å²) in [5, 5.41) is 3.03. The van der Waals surface area contributed by atoms with Crippen LogP contribution in [0.2, 0.25) is 0 Å². The van der Waals surface area contributed by atoms with Crippen LogP contribution in [0.15, 0.2) is 40.9 Å². The standard InChI is InChI=1S/C17H17BrN2O/c18-16-13(8-4-9-14(16)19)17(21)20-15-10-3-6-11-5-1-2-7-12(11)15/h3-4,6,8-10H,1-2,5,7,19H2,(H,20,21). The fourth-order valence-electron chi connectivity index (χ4n) is 2.81. The average Bonchev–Trinajstić information content (AvgIpc) is 2.50. The lowest BCUT2D eigenvalue weighted by molar-refractivity contribution is 0.102. The monoisotopic (exact) mass is 344 g/mol. The lowest BCUT2D eigenvalue weighted by atomic mass is 9.90. The van der Waals surface area contributed by atoms with E-state index in [1.807, 2.05) is 12.1 Å². The van der Waals surface area contributed by atoms with Crippen LogP contribution >= 0.6 is 15.9 Å². The Bertz CT molecular complexity index is 697. The number of rotatable bonds is 2. The summed E-state index contributed by atoms with van der Waals surface area (Å²) >= 11 is 3.38. The highest BCUT2D eigenvalue weighted by Gasteiger charge is 2.16. The molecule has 0 radical (unpaired) electrons. The zero-order valence-corrected chi connectivity index (χ0v) is 13.2. The van der Waals surface area contributed by atoms with Gasteiger partial charge in [-0.3, -0.25) is 4.79 Å². The number of nitrogens with two attached hydrogens (primary N) is 1. The number of aryl methyl sites for hydroxylation is 1. The van der Waals surface area contributed by atoms with Gasteiger partial charge in [-0.1, -0.05) is 18.2 Å². The largest absolute Gasteiger partial charge is 0.398 e. The maximum Gasteiger partial charge on any atom is 0.256 e. The molecule has 0 heterocycles. The molecule has 1 aliphatic rings. The van der Waals surface area contributed by atoms with Crippen LogP contribution in [-0.4, -0.2) is 5.91 Å². The molecule has 1 aliphatic carbocycles. The minimum atomic E-state index is -0.131. The summed E-state index contributed by atoms with van der Waals surface area (Å²) in [4.78, 5) is 12.5. The first-order valence-corrected chi connectivity index (χ1v) is 7.92. The number of benzene rings is 2. The first-order valence-electron chi connectivity index (χ1n) is 7.13. The van der Waals surface area contributed by atoms with Crippen molar-refractivity contribution in [2.75, 3.05) is 11.1 Å². The van der Waals surface area contributed by atoms with Gasteiger partial charge in [-0.15, -0.1) is 0 Å². The first kappa shape index (κ1) is 14.1. The van der Waals surface area contributed by atoms with Gasteiger partial charge in [0.05, 0.1) is 10.0 Å². The van der Waals surface area contributed by atoms with Crippen LogP contribution in [0.3, 0.4) is 0 Å². The van der Waals surface area contributed by atoms with E-state index in [1.165, 1.54) is 24.0 Å². The van der Waals surface area contributed by atoms with Gasteiger partial charge in [0.25, 0.3) is 5.91 Å². The average molecular weight is 345 g/mol. The van der Waals surface area contributed by atoms with Gasteiger partial charge in [0.1, 0.15) is 0 Å². The molecule has 0 bridgehead atoms. The molecule has 0 saturated heterocycles. The third-order valence-corrected chi connectivity index (χ3v) is 4.80. The number of carbonyl (C=O) groups excluding carboxylic acids is 1. The summed E-state index contributed by atoms with van der Waals surface area (Å²) in [5.74, 6) is -0.131. The van der Waals surface area contributed by atoms with Crippen LogP contribution in [0, 0.1) is 0 Å². The number of hydrogen-bond acceptors (Lipinski definition) is 2. The van der Waals surface area contributed by atoms with E-state index in [0.29, 0.717) is 15.7 Å². The number of nitrogens with one attached hydrogen (secondary N) is 1. The van der Waals surface area contributed by atoms with Gasteiger partial charge in [0, 0.05) is 11.4 Å². The van der Waals surface area contributed by atoms with Crippen molar-refractivity contribution in [3.63, 3.8) is 0 Å². The van der Waals surface area contributed by atoms with E-state index in [-0.39, 0.29) is 5.91 Å². The molecule has 1 amide bonds. The minimum absolute atomic E-state index is 0.131. The zero-order valence-electron chi connectivity index (χ0n) is 11.7. The van der Waals surface area contributed by atoms with E-state index in [0.717, 1.165) is 18.5 Å². The molecule has 0 aliphatic heterocycles. The van der Waals surface area contributed by atoms with Gasteiger partial charge in [-0.25, -0.2) is 0 Å². The van der Waals surface area contributed by atoms with Crippen molar-refractivity contribution in [1.29, 1.82) is 0 Å². The summed E-state index contributed by atoms with van der Waals surface area (Å²) in [6.07, 6.45) is 4.54. The summed E-state index contributed by atoms with van der Waals surface area (Å²) < 4.78 is 0.646. The molecule has 3 nitrogen and oxygen atoms in total. The Balaban J connectivity index is 1.90. The Kier molecular flexibility index (Phi) is 3.97. The summed E-state index contributed by atoms with van der Waals surface area (Å²) in [6.45, 7) is 0. The third-order valence-electron chi connectivity index (χ3n) is 3.92. The fourth-order valence-corrected chi connectivity index (χ4v) is 3.26. The van der Waals surface area contributed by atoms with Crippen LogP contribution in [0.1, 0.15) is 34.3 Å². The molecule has 0 unspecified atom stereocenters. The molecule has 0 fully saturated rings. The second kappa shape index (κ2) is 5.90. The number of hydrogen-bond donors (Lipinski definition) is 2. The molecule has 3 N–H and O–H groups in total. The third kappa shape index (κ3) is 2.81. The number of halogens is 1. The minimum Gasteiger partial charge on any atom is -0.398 e. The number of nitrogen functional groups attached to an aromatic ring is 1. The van der Waals surface area contributed by atoms with Gasteiger partial charge in [0.15, 0.2) is 0 Å². The molecule has 4 heteroatoms. The Morgan fingerprint density at radius 1 is 1.10 bits per heavy atom. The SMILES string of the molecule is Nc1cccc(C(=O)Nc2cccc3c2CCCC3)c1Br. The number of anilines is 2. The van der Waals surface area contributed by atoms with E-state index in [9.17, 15) is 4.79 Å². The molecule has 108 valence electrons. The van der Waals surface area contributed by atoms with E-state index < -0.39 is 0 Å². The van der Waals surface area contributed by atoms with Crippen LogP contribution in [0.5, 0.6) is 0 Å². The van der Waals surface area contributed by atoms with Crippen molar-refractivity contribution >= 4 is 33.2 Å². The Hall–Kier alpha value is -1.81. The molecule has 2 aromatic rings. The number of amides is 1. The van der Waals surface area contributed by atoms with Crippen LogP contribution in [0.25, 0.3) is 0 Å². The van der Waals surface area contributed by atoms with Gasteiger partial charge in [-0.2, -0.15) is 0 Å². The highest BCUT2D eigenvalue weighted by molar-refractivity contribution is 9.10. The quantitative estimate of drug-likeness (QED) is 0.803. The van der Waals surface area contributed by atoms with Gasteiger partial charge in [0.2, 0.25) is 0 Å². The molecular weight excluding hydrogens is 328 g/mol. The van der Waals surface area contributed by atoms with Gasteiger partial charge >= 0.3 is 0 Å². The fraction of sp³-hybridized carbons (Fsp3) is 0.235. The second-order valence-electron chi connectivity index (χ2n) is 5.31. The van der Waals surface area contributed by atoms with Crippen molar-refractivity contribution < 1.29 is 4.79 Å². The van der Waals surface area contributed by atoms with E-state index in [2.05, 4.69) is 27.3 Å². The summed E-state index contributed by atoms with van der Waals surface area (Å²) in [7, 11) is 0. The van der Waals surface area contributed by atoms with Gasteiger partial charge < -0.3 is 11.1 Å². The van der Waals surface area contributed by atoms with E-state index >= 15 is 0 Å². The van der Waals surface area contributed by atoms with Crippen molar-refractivity contribution in [1.82, 2.24) is 0 Å². The zero-order chi connectivity index (χ0) is 14.8. The predicted molar refractivity (Wildman–Crippen MR) is 89.6 cm³/mol. The molecule has 2 aromatic carbocycles. The molecule has 3 rings (SSSR count). The van der Waals surface area contributed by atoms with Crippen LogP contribution < -0.4 is 11.1 Å². The molecule has 0 atom stereocenters. The molecule has 21 heavy (non-hydrogen) atoms. The number of fused-ring (bicyclic) bond motifs is 1. The van der Waals surface area contributed by atoms with Crippen molar-refractivity contribution in [3.8, 4) is 0 Å². The van der Waals surface area contributed by atoms with Crippen molar-refractivity contribution in [2.45, 2.75) is 25.7 Å². The molecular formula is C17H17BrN2O. The van der Waals surface area contributed by atoms with Crippen LogP contribution in [0.4, 0.5) is 11.4 Å². The number of carbonyl (C=O) groups is 1. The molecule has 0 saturated carbocycles. The predicted octanol–water partition coefficient (Wildman–Crippen LogP) is 4.16. The summed E-state index contributed by atoms with van der Waals surface area (Å²) in [5.41, 5.74) is 10.5. The van der Waals surface area contributed by atoms with E-state index in [1.54, 1.807) is 18.2 Å². The lowest BCUT2D eigenvalue weighted by Crippen LogP contribution is -2.16. The first-order chi connectivity index (χ1) is 10.2. The second-order valence-corrected chi connectivity index (χ2v) is 6.11. The highest BCUT2D eigenvalue weighted by atomic mass is 79.9. The van der Waals surface area contributed by atoms with E-state index in [4.69, 9.17) is 5.73 Å². The Morgan fingerprint density at radius 3 is 2.71 bits per heavy atom. The highest BCUT2D eigenvalue weighted by Crippen LogP contribution is 2.29. The van der Waals surface area contributed by atoms with Gasteiger partial charge in [-0.05, 0) is 70.9 Å². The maximum absolute atomic E-state index is 12.5.